The Balaban J connectivity index is 1.93. The van der Waals surface area contributed by atoms with Gasteiger partial charge in [0, 0.05) is 12.7 Å². The highest BCUT2D eigenvalue weighted by Gasteiger charge is 2.09. The molecule has 0 unspecified atom stereocenters. The van der Waals surface area contributed by atoms with Crippen molar-refractivity contribution < 1.29 is 13.2 Å². The zero-order chi connectivity index (χ0) is 16.0. The molecule has 0 aliphatic rings. The summed E-state index contributed by atoms with van der Waals surface area (Å²) in [5, 5.41) is 2.76. The molecule has 0 radical (unpaired) electrons. The fourth-order valence-corrected chi connectivity index (χ4v) is 2.59. The molecule has 2 aromatic rings. The topological polar surface area (TPSA) is 88.2 Å². The summed E-state index contributed by atoms with van der Waals surface area (Å²) < 4.78 is 25.2. The molecule has 22 heavy (non-hydrogen) atoms. The number of aromatic nitrogens is 1. The maximum Gasteiger partial charge on any atom is 0.270 e. The number of benzene rings is 1. The third kappa shape index (κ3) is 4.64. The van der Waals surface area contributed by atoms with Crippen molar-refractivity contribution >= 4 is 15.9 Å². The lowest BCUT2D eigenvalue weighted by molar-refractivity contribution is 0.0946. The second-order valence-corrected chi connectivity index (χ2v) is 6.60. The summed E-state index contributed by atoms with van der Waals surface area (Å²) in [6.07, 6.45) is 1.56. The normalized spacial score (nSPS) is 11.1. The quantitative estimate of drug-likeness (QED) is 0.833. The van der Waals surface area contributed by atoms with E-state index >= 15 is 0 Å². The SMILES string of the molecule is CNS(=O)(=O)Cc1ccc(CNC(=O)c2ccccn2)cc1. The van der Waals surface area contributed by atoms with Gasteiger partial charge in [0.2, 0.25) is 10.0 Å². The molecule has 116 valence electrons. The van der Waals surface area contributed by atoms with E-state index in [1.807, 2.05) is 0 Å². The Morgan fingerprint density at radius 3 is 2.36 bits per heavy atom. The number of rotatable bonds is 6. The minimum absolute atomic E-state index is 0.0654. The summed E-state index contributed by atoms with van der Waals surface area (Å²) in [5.74, 6) is -0.313. The fraction of sp³-hybridized carbons (Fsp3) is 0.200. The van der Waals surface area contributed by atoms with E-state index < -0.39 is 10.0 Å². The second-order valence-electron chi connectivity index (χ2n) is 4.68. The van der Waals surface area contributed by atoms with Crippen LogP contribution in [0.5, 0.6) is 0 Å². The molecule has 0 aliphatic carbocycles. The van der Waals surface area contributed by atoms with Gasteiger partial charge in [0.15, 0.2) is 0 Å². The van der Waals surface area contributed by atoms with Crippen molar-refractivity contribution in [2.24, 2.45) is 0 Å². The molecule has 0 aliphatic heterocycles. The van der Waals surface area contributed by atoms with Crippen LogP contribution in [0.25, 0.3) is 0 Å². The number of carbonyl (C=O) groups is 1. The van der Waals surface area contributed by atoms with Gasteiger partial charge in [0.1, 0.15) is 5.69 Å². The van der Waals surface area contributed by atoms with Gasteiger partial charge in [-0.15, -0.1) is 0 Å². The van der Waals surface area contributed by atoms with Gasteiger partial charge >= 0.3 is 0 Å². The van der Waals surface area contributed by atoms with Crippen molar-refractivity contribution in [2.45, 2.75) is 12.3 Å². The minimum Gasteiger partial charge on any atom is -0.347 e. The first-order valence-corrected chi connectivity index (χ1v) is 8.34. The molecule has 0 saturated carbocycles. The number of pyridine rings is 1. The van der Waals surface area contributed by atoms with Crippen LogP contribution >= 0.6 is 0 Å². The van der Waals surface area contributed by atoms with Crippen LogP contribution in [0.2, 0.25) is 0 Å². The molecule has 1 aromatic carbocycles. The summed E-state index contributed by atoms with van der Waals surface area (Å²) in [7, 11) is -1.89. The molecule has 1 heterocycles. The molecular formula is C15H17N3O3S. The molecule has 7 heteroatoms. The van der Waals surface area contributed by atoms with E-state index in [9.17, 15) is 13.2 Å². The van der Waals surface area contributed by atoms with Gasteiger partial charge in [0.25, 0.3) is 5.91 Å². The average molecular weight is 319 g/mol. The Hall–Kier alpha value is -2.25. The predicted octanol–water partition coefficient (Wildman–Crippen LogP) is 1.06. The third-order valence-corrected chi connectivity index (χ3v) is 4.38. The summed E-state index contributed by atoms with van der Waals surface area (Å²) in [4.78, 5) is 15.8. The van der Waals surface area contributed by atoms with Gasteiger partial charge in [-0.1, -0.05) is 30.3 Å². The first-order valence-electron chi connectivity index (χ1n) is 6.68. The number of nitrogens with one attached hydrogen (secondary N) is 2. The third-order valence-electron chi connectivity index (χ3n) is 3.04. The summed E-state index contributed by atoms with van der Waals surface area (Å²) in [6.45, 7) is 0.356. The Morgan fingerprint density at radius 1 is 1.09 bits per heavy atom. The van der Waals surface area contributed by atoms with E-state index in [4.69, 9.17) is 0 Å². The first-order chi connectivity index (χ1) is 10.5. The van der Waals surface area contributed by atoms with Gasteiger partial charge in [-0.25, -0.2) is 13.1 Å². The van der Waals surface area contributed by atoms with Crippen molar-refractivity contribution in [1.29, 1.82) is 0 Å². The number of amides is 1. The molecule has 0 atom stereocenters. The van der Waals surface area contributed by atoms with Gasteiger partial charge in [-0.3, -0.25) is 9.78 Å². The highest BCUT2D eigenvalue weighted by Crippen LogP contribution is 2.08. The number of hydrogen-bond acceptors (Lipinski definition) is 4. The van der Waals surface area contributed by atoms with Crippen LogP contribution in [0, 0.1) is 0 Å². The Bertz CT molecular complexity index is 728. The highest BCUT2D eigenvalue weighted by atomic mass is 32.2. The van der Waals surface area contributed by atoms with Gasteiger partial charge in [-0.05, 0) is 30.3 Å². The minimum atomic E-state index is -3.28. The molecule has 0 fully saturated rings. The fourth-order valence-electron chi connectivity index (χ4n) is 1.81. The molecule has 1 aromatic heterocycles. The Kier molecular flexibility index (Phi) is 5.24. The number of nitrogens with zero attached hydrogens (tertiary/aromatic N) is 1. The van der Waals surface area contributed by atoms with E-state index in [0.29, 0.717) is 17.8 Å². The largest absolute Gasteiger partial charge is 0.347 e. The maximum absolute atomic E-state index is 11.9. The molecular weight excluding hydrogens is 302 g/mol. The lowest BCUT2D eigenvalue weighted by Crippen LogP contribution is -2.23. The first kappa shape index (κ1) is 16.1. The summed E-state index contributed by atoms with van der Waals surface area (Å²) in [6, 6.07) is 12.2. The lowest BCUT2D eigenvalue weighted by Gasteiger charge is -2.06. The van der Waals surface area contributed by atoms with E-state index in [0.717, 1.165) is 5.56 Å². The molecule has 0 spiro atoms. The van der Waals surface area contributed by atoms with Gasteiger partial charge in [-0.2, -0.15) is 0 Å². The summed E-state index contributed by atoms with van der Waals surface area (Å²) >= 11 is 0. The number of carbonyl (C=O) groups excluding carboxylic acids is 1. The van der Waals surface area contributed by atoms with Crippen LogP contribution in [0.15, 0.2) is 48.7 Å². The Morgan fingerprint density at radius 2 is 1.77 bits per heavy atom. The number of hydrogen-bond donors (Lipinski definition) is 2. The lowest BCUT2D eigenvalue weighted by atomic mass is 10.1. The smallest absolute Gasteiger partial charge is 0.270 e. The maximum atomic E-state index is 11.9. The van der Waals surface area contributed by atoms with E-state index in [1.54, 1.807) is 48.7 Å². The van der Waals surface area contributed by atoms with Crippen molar-refractivity contribution in [3.05, 3.63) is 65.5 Å². The van der Waals surface area contributed by atoms with Crippen LogP contribution < -0.4 is 10.0 Å². The van der Waals surface area contributed by atoms with Gasteiger partial charge in [0.05, 0.1) is 5.75 Å². The van der Waals surface area contributed by atoms with Crippen molar-refractivity contribution in [1.82, 2.24) is 15.0 Å². The van der Waals surface area contributed by atoms with Crippen molar-refractivity contribution in [3.8, 4) is 0 Å². The summed E-state index contributed by atoms with van der Waals surface area (Å²) in [5.41, 5.74) is 1.93. The molecule has 6 nitrogen and oxygen atoms in total. The van der Waals surface area contributed by atoms with Gasteiger partial charge < -0.3 is 5.32 Å². The number of sulfonamides is 1. The molecule has 0 bridgehead atoms. The molecule has 2 rings (SSSR count). The highest BCUT2D eigenvalue weighted by molar-refractivity contribution is 7.88. The van der Waals surface area contributed by atoms with E-state index in [2.05, 4.69) is 15.0 Å². The van der Waals surface area contributed by atoms with Crippen molar-refractivity contribution in [3.63, 3.8) is 0 Å². The standard InChI is InChI=1S/C15H17N3O3S/c1-16-22(20,21)11-13-7-5-12(6-8-13)10-18-15(19)14-4-2-3-9-17-14/h2-9,16H,10-11H2,1H3,(H,18,19). The molecule has 0 saturated heterocycles. The monoisotopic (exact) mass is 319 g/mol. The molecule has 2 N–H and O–H groups in total. The average Bonchev–Trinajstić information content (AvgIpc) is 2.54. The predicted molar refractivity (Wildman–Crippen MR) is 83.5 cm³/mol. The van der Waals surface area contributed by atoms with Crippen LogP contribution in [0.3, 0.4) is 0 Å². The van der Waals surface area contributed by atoms with E-state index in [1.165, 1.54) is 7.05 Å². The second kappa shape index (κ2) is 7.15. The zero-order valence-electron chi connectivity index (χ0n) is 12.1. The van der Waals surface area contributed by atoms with Crippen LogP contribution in [0.1, 0.15) is 21.6 Å². The Labute approximate surface area is 129 Å². The zero-order valence-corrected chi connectivity index (χ0v) is 12.9. The molecule has 1 amide bonds. The van der Waals surface area contributed by atoms with Crippen LogP contribution in [-0.2, 0) is 22.3 Å². The van der Waals surface area contributed by atoms with Crippen molar-refractivity contribution in [2.75, 3.05) is 7.05 Å². The van der Waals surface area contributed by atoms with Crippen LogP contribution in [-0.4, -0.2) is 26.4 Å². The van der Waals surface area contributed by atoms with E-state index in [-0.39, 0.29) is 11.7 Å². The van der Waals surface area contributed by atoms with Crippen LogP contribution in [0.4, 0.5) is 0 Å².